The molecule has 0 atom stereocenters. The van der Waals surface area contributed by atoms with Crippen molar-refractivity contribution in [1.82, 2.24) is 9.29 Å². The summed E-state index contributed by atoms with van der Waals surface area (Å²) >= 11 is 6.15. The third-order valence-electron chi connectivity index (χ3n) is 4.76. The summed E-state index contributed by atoms with van der Waals surface area (Å²) in [6.45, 7) is 0.938. The number of sulfonamides is 1. The van der Waals surface area contributed by atoms with Crippen LogP contribution in [0.25, 0.3) is 10.9 Å². The van der Waals surface area contributed by atoms with E-state index < -0.39 is 15.9 Å². The molecule has 8 heteroatoms. The summed E-state index contributed by atoms with van der Waals surface area (Å²) in [5.74, 6) is -0.423. The van der Waals surface area contributed by atoms with Crippen LogP contribution in [-0.2, 0) is 10.0 Å². The second kappa shape index (κ2) is 7.50. The molecule has 144 valence electrons. The largest absolute Gasteiger partial charge is 0.320 e. The lowest BCUT2D eigenvalue weighted by Gasteiger charge is -2.17. The number of nitrogens with zero attached hydrogens (tertiary/aromatic N) is 2. The van der Waals surface area contributed by atoms with Crippen LogP contribution in [0.4, 0.5) is 5.69 Å². The topological polar surface area (TPSA) is 79.4 Å². The SMILES string of the molecule is O=C(Nc1cccc2cccnc12)c1ccc(Cl)c(S(=O)(=O)N2CCCC2)c1. The number of carbonyl (C=O) groups is 1. The van der Waals surface area contributed by atoms with Crippen LogP contribution < -0.4 is 5.32 Å². The highest BCUT2D eigenvalue weighted by Gasteiger charge is 2.29. The molecule has 0 saturated carbocycles. The number of aromatic nitrogens is 1. The van der Waals surface area contributed by atoms with Crippen molar-refractivity contribution < 1.29 is 13.2 Å². The quantitative estimate of drug-likeness (QED) is 0.700. The molecule has 1 aromatic heterocycles. The van der Waals surface area contributed by atoms with Gasteiger partial charge in [-0.3, -0.25) is 9.78 Å². The average Bonchev–Trinajstić information content (AvgIpc) is 3.24. The van der Waals surface area contributed by atoms with Crippen LogP contribution in [0.1, 0.15) is 23.2 Å². The van der Waals surface area contributed by atoms with Crippen molar-refractivity contribution in [3.05, 3.63) is 65.3 Å². The molecule has 0 radical (unpaired) electrons. The van der Waals surface area contributed by atoms with E-state index >= 15 is 0 Å². The van der Waals surface area contributed by atoms with Gasteiger partial charge in [-0.15, -0.1) is 0 Å². The number of anilines is 1. The lowest BCUT2D eigenvalue weighted by atomic mass is 10.1. The van der Waals surface area contributed by atoms with Crippen molar-refractivity contribution >= 4 is 44.1 Å². The number of para-hydroxylation sites is 1. The molecule has 2 aromatic carbocycles. The Bertz CT molecular complexity index is 1150. The van der Waals surface area contributed by atoms with Crippen LogP contribution in [-0.4, -0.2) is 36.7 Å². The first-order chi connectivity index (χ1) is 13.5. The van der Waals surface area contributed by atoms with Gasteiger partial charge in [0.2, 0.25) is 10.0 Å². The summed E-state index contributed by atoms with van der Waals surface area (Å²) in [5.41, 5.74) is 1.44. The molecule has 0 bridgehead atoms. The van der Waals surface area contributed by atoms with E-state index in [1.807, 2.05) is 24.3 Å². The molecule has 4 rings (SSSR count). The minimum atomic E-state index is -3.72. The summed E-state index contributed by atoms with van der Waals surface area (Å²) < 4.78 is 27.1. The molecule has 1 aliphatic rings. The van der Waals surface area contributed by atoms with Gasteiger partial charge >= 0.3 is 0 Å². The van der Waals surface area contributed by atoms with Crippen LogP contribution in [0.2, 0.25) is 5.02 Å². The molecule has 1 aliphatic heterocycles. The highest BCUT2D eigenvalue weighted by atomic mass is 35.5. The van der Waals surface area contributed by atoms with Crippen molar-refractivity contribution in [2.75, 3.05) is 18.4 Å². The van der Waals surface area contributed by atoms with Crippen molar-refractivity contribution in [3.8, 4) is 0 Å². The van der Waals surface area contributed by atoms with Gasteiger partial charge in [0.15, 0.2) is 0 Å². The van der Waals surface area contributed by atoms with Gasteiger partial charge in [0.1, 0.15) is 4.90 Å². The van der Waals surface area contributed by atoms with E-state index in [1.165, 1.54) is 22.5 Å². The number of rotatable bonds is 4. The maximum absolute atomic E-state index is 12.9. The second-order valence-electron chi connectivity index (χ2n) is 6.59. The predicted molar refractivity (Wildman–Crippen MR) is 109 cm³/mol. The number of amides is 1. The van der Waals surface area contributed by atoms with Crippen molar-refractivity contribution in [3.63, 3.8) is 0 Å². The van der Waals surface area contributed by atoms with Gasteiger partial charge in [-0.2, -0.15) is 4.31 Å². The van der Waals surface area contributed by atoms with E-state index in [2.05, 4.69) is 10.3 Å². The molecule has 1 amide bonds. The molecule has 1 N–H and O–H groups in total. The molecule has 28 heavy (non-hydrogen) atoms. The fourth-order valence-corrected chi connectivity index (χ4v) is 5.33. The summed E-state index contributed by atoms with van der Waals surface area (Å²) in [4.78, 5) is 17.0. The number of pyridine rings is 1. The van der Waals surface area contributed by atoms with Gasteiger partial charge in [-0.05, 0) is 43.2 Å². The van der Waals surface area contributed by atoms with E-state index in [4.69, 9.17) is 11.6 Å². The maximum Gasteiger partial charge on any atom is 0.255 e. The van der Waals surface area contributed by atoms with E-state index in [-0.39, 0.29) is 15.5 Å². The van der Waals surface area contributed by atoms with Gasteiger partial charge in [0.05, 0.1) is 16.2 Å². The van der Waals surface area contributed by atoms with Crippen LogP contribution in [0.15, 0.2) is 59.6 Å². The number of halogens is 1. The van der Waals surface area contributed by atoms with E-state index in [0.29, 0.717) is 24.3 Å². The number of hydrogen-bond donors (Lipinski definition) is 1. The van der Waals surface area contributed by atoms with Crippen LogP contribution in [0.3, 0.4) is 0 Å². The zero-order valence-electron chi connectivity index (χ0n) is 14.9. The molecule has 1 saturated heterocycles. The Hall–Kier alpha value is -2.48. The standard InChI is InChI=1S/C20H18ClN3O3S/c21-16-9-8-15(13-18(16)28(26,27)24-11-1-2-12-24)20(25)23-17-7-3-5-14-6-4-10-22-19(14)17/h3-10,13H,1-2,11-12H2,(H,23,25). The summed E-state index contributed by atoms with van der Waals surface area (Å²) in [7, 11) is -3.72. The Kier molecular flexibility index (Phi) is 5.05. The first kappa shape index (κ1) is 18.9. The molecular weight excluding hydrogens is 398 g/mol. The minimum Gasteiger partial charge on any atom is -0.320 e. The van der Waals surface area contributed by atoms with E-state index in [9.17, 15) is 13.2 Å². The molecule has 6 nitrogen and oxygen atoms in total. The van der Waals surface area contributed by atoms with Crippen LogP contribution >= 0.6 is 11.6 Å². The summed E-state index contributed by atoms with van der Waals surface area (Å²) in [6.07, 6.45) is 3.30. The normalized spacial score (nSPS) is 15.0. The summed E-state index contributed by atoms with van der Waals surface area (Å²) in [6, 6.07) is 13.5. The first-order valence-corrected chi connectivity index (χ1v) is 10.7. The third-order valence-corrected chi connectivity index (χ3v) is 7.14. The third kappa shape index (κ3) is 3.48. The highest BCUT2D eigenvalue weighted by Crippen LogP contribution is 2.29. The number of benzene rings is 2. The van der Waals surface area contributed by atoms with Gasteiger partial charge in [-0.25, -0.2) is 8.42 Å². The number of hydrogen-bond acceptors (Lipinski definition) is 4. The van der Waals surface area contributed by atoms with E-state index in [1.54, 1.807) is 12.3 Å². The molecule has 0 spiro atoms. The zero-order chi connectivity index (χ0) is 19.7. The number of nitrogens with one attached hydrogen (secondary N) is 1. The van der Waals surface area contributed by atoms with Gasteiger partial charge in [-0.1, -0.05) is 29.8 Å². The van der Waals surface area contributed by atoms with Gasteiger partial charge in [0, 0.05) is 30.2 Å². The Morgan fingerprint density at radius 1 is 1.07 bits per heavy atom. The van der Waals surface area contributed by atoms with E-state index in [0.717, 1.165) is 18.2 Å². The first-order valence-electron chi connectivity index (χ1n) is 8.91. The fourth-order valence-electron chi connectivity index (χ4n) is 3.31. The number of fused-ring (bicyclic) bond motifs is 1. The Morgan fingerprint density at radius 2 is 1.82 bits per heavy atom. The zero-order valence-corrected chi connectivity index (χ0v) is 16.5. The fraction of sp³-hybridized carbons (Fsp3) is 0.200. The molecule has 0 aliphatic carbocycles. The monoisotopic (exact) mass is 415 g/mol. The van der Waals surface area contributed by atoms with Crippen molar-refractivity contribution in [2.45, 2.75) is 17.7 Å². The Balaban J connectivity index is 1.67. The lowest BCUT2D eigenvalue weighted by molar-refractivity contribution is 0.102. The molecular formula is C20H18ClN3O3S. The molecule has 1 fully saturated rings. The number of carbonyl (C=O) groups excluding carboxylic acids is 1. The Morgan fingerprint density at radius 3 is 2.61 bits per heavy atom. The molecule has 3 aromatic rings. The predicted octanol–water partition coefficient (Wildman–Crippen LogP) is 3.93. The van der Waals surface area contributed by atoms with Gasteiger partial charge < -0.3 is 5.32 Å². The smallest absolute Gasteiger partial charge is 0.255 e. The Labute approximate surface area is 168 Å². The van der Waals surface area contributed by atoms with Crippen LogP contribution in [0, 0.1) is 0 Å². The van der Waals surface area contributed by atoms with Crippen LogP contribution in [0.5, 0.6) is 0 Å². The summed E-state index contributed by atoms with van der Waals surface area (Å²) in [5, 5.41) is 3.82. The minimum absolute atomic E-state index is 0.0419. The van der Waals surface area contributed by atoms with Gasteiger partial charge in [0.25, 0.3) is 5.91 Å². The molecule has 2 heterocycles. The van der Waals surface area contributed by atoms with Crippen molar-refractivity contribution in [1.29, 1.82) is 0 Å². The van der Waals surface area contributed by atoms with Crippen molar-refractivity contribution in [2.24, 2.45) is 0 Å². The maximum atomic E-state index is 12.9. The highest BCUT2D eigenvalue weighted by molar-refractivity contribution is 7.89. The average molecular weight is 416 g/mol. The lowest BCUT2D eigenvalue weighted by Crippen LogP contribution is -2.28. The molecule has 0 unspecified atom stereocenters. The second-order valence-corrected chi connectivity index (χ2v) is 8.90.